The summed E-state index contributed by atoms with van der Waals surface area (Å²) in [5.41, 5.74) is -1.18. The fourth-order valence-corrected chi connectivity index (χ4v) is 15.8. The third-order valence-corrected chi connectivity index (χ3v) is 20.6. The Morgan fingerprint density at radius 2 is 1.22 bits per heavy atom. The summed E-state index contributed by atoms with van der Waals surface area (Å²) in [7, 11) is 0. The molecule has 0 radical (unpaired) electrons. The predicted molar refractivity (Wildman–Crippen MR) is 259 cm³/mol. The lowest BCUT2D eigenvalue weighted by Gasteiger charge is -2.71. The Morgan fingerprint density at radius 1 is 0.622 bits per heavy atom. The number of hydrogen-bond donors (Lipinski definition) is 13. The van der Waals surface area contributed by atoms with E-state index in [2.05, 4.69) is 54.5 Å². The van der Waals surface area contributed by atoms with Crippen molar-refractivity contribution in [3.05, 3.63) is 11.6 Å². The van der Waals surface area contributed by atoms with Crippen LogP contribution in [0.25, 0.3) is 0 Å². The van der Waals surface area contributed by atoms with Gasteiger partial charge >= 0.3 is 0 Å². The van der Waals surface area contributed by atoms with E-state index >= 15 is 0 Å². The minimum atomic E-state index is -1.75. The Hall–Kier alpha value is -1.10. The van der Waals surface area contributed by atoms with Crippen LogP contribution in [-0.4, -0.2) is 221 Å². The highest BCUT2D eigenvalue weighted by atomic mass is 16.8. The molecule has 28 atom stereocenters. The van der Waals surface area contributed by atoms with E-state index in [1.807, 2.05) is 6.92 Å². The van der Waals surface area contributed by atoms with E-state index in [1.54, 1.807) is 0 Å². The molecule has 8 rings (SSSR count). The monoisotopic (exact) mass is 1060 g/mol. The van der Waals surface area contributed by atoms with Crippen LogP contribution >= 0.6 is 0 Å². The summed E-state index contributed by atoms with van der Waals surface area (Å²) >= 11 is 0. The van der Waals surface area contributed by atoms with Crippen molar-refractivity contribution in [2.75, 3.05) is 26.4 Å². The lowest BCUT2D eigenvalue weighted by Crippen LogP contribution is -2.67. The van der Waals surface area contributed by atoms with Gasteiger partial charge in [-0.1, -0.05) is 53.2 Å². The average molecular weight is 1060 g/mol. The molecule has 4 saturated heterocycles. The highest BCUT2D eigenvalue weighted by molar-refractivity contribution is 5.20. The summed E-state index contributed by atoms with van der Waals surface area (Å²) in [5, 5.41) is 141. The van der Waals surface area contributed by atoms with Gasteiger partial charge in [0.1, 0.15) is 85.5 Å². The van der Waals surface area contributed by atoms with Crippen LogP contribution in [0.5, 0.6) is 0 Å². The highest BCUT2D eigenvalue weighted by Gasteiger charge is 2.72. The van der Waals surface area contributed by atoms with Crippen molar-refractivity contribution in [3.63, 3.8) is 0 Å². The summed E-state index contributed by atoms with van der Waals surface area (Å²) in [6, 6.07) is 0. The molecule has 0 bridgehead atoms. The van der Waals surface area contributed by atoms with Gasteiger partial charge in [0, 0.05) is 0 Å². The Balaban J connectivity index is 1.00. The summed E-state index contributed by atoms with van der Waals surface area (Å²) in [6.07, 6.45) is -18.9. The second kappa shape index (κ2) is 22.4. The molecular formula is C53H90O21. The second-order valence-electron chi connectivity index (χ2n) is 25.0. The molecule has 0 aromatic carbocycles. The zero-order valence-electron chi connectivity index (χ0n) is 44.4. The Kier molecular flexibility index (Phi) is 17.9. The molecule has 428 valence electrons. The molecule has 0 spiro atoms. The molecule has 4 aliphatic heterocycles. The van der Waals surface area contributed by atoms with Gasteiger partial charge in [-0.25, -0.2) is 0 Å². The SMILES string of the molecule is CC/C(C)=C/CC[C@](C)(O[C@@H]1O[C@H](CO[C@H]2OC[C@@H](O)[C@H](O)[C@H]2O)[C@@H](O)[C@H](O)[C@H]1O)[C@H]1CC[C@]2(C)[C@@H]1[C@H](O)C[C@@H]1[C@@]3(C)CC[C@@H](O[C@H]4OC[C@H](O)[C@H](O)[C@H]4O[C@@H]4O[C@H](CO)[C@@H](O)[C@H](O)[C@H]4O)C(C)(C)[C@H]3CC[C@]12C. The van der Waals surface area contributed by atoms with E-state index in [1.165, 1.54) is 5.57 Å². The molecule has 0 amide bonds. The predicted octanol–water partition coefficient (Wildman–Crippen LogP) is -0.534. The first-order valence-electron chi connectivity index (χ1n) is 27.3. The van der Waals surface area contributed by atoms with E-state index in [-0.39, 0.29) is 53.1 Å². The molecular weight excluding hydrogens is 973 g/mol. The Morgan fingerprint density at radius 3 is 1.88 bits per heavy atom. The molecule has 21 nitrogen and oxygen atoms in total. The normalized spacial score (nSPS) is 52.6. The maximum atomic E-state index is 12.8. The van der Waals surface area contributed by atoms with Crippen LogP contribution in [0.1, 0.15) is 120 Å². The van der Waals surface area contributed by atoms with E-state index in [0.29, 0.717) is 32.1 Å². The zero-order valence-corrected chi connectivity index (χ0v) is 44.4. The average Bonchev–Trinajstić information content (AvgIpc) is 3.75. The molecule has 8 aliphatic rings. The van der Waals surface area contributed by atoms with Gasteiger partial charge in [-0.3, -0.25) is 0 Å². The van der Waals surface area contributed by atoms with Crippen LogP contribution in [0.3, 0.4) is 0 Å². The van der Waals surface area contributed by atoms with Crippen LogP contribution in [0.15, 0.2) is 11.6 Å². The van der Waals surface area contributed by atoms with Gasteiger partial charge in [0.15, 0.2) is 25.2 Å². The molecule has 0 aromatic rings. The van der Waals surface area contributed by atoms with E-state index < -0.39 is 147 Å². The van der Waals surface area contributed by atoms with Crippen LogP contribution < -0.4 is 0 Å². The fourth-order valence-electron chi connectivity index (χ4n) is 15.8. The van der Waals surface area contributed by atoms with Gasteiger partial charge in [0.05, 0.1) is 44.2 Å². The van der Waals surface area contributed by atoms with Gasteiger partial charge in [0.2, 0.25) is 0 Å². The summed E-state index contributed by atoms with van der Waals surface area (Å²) in [5.74, 6) is -0.257. The minimum absolute atomic E-state index is 0.0911. The molecule has 13 N–H and O–H groups in total. The fraction of sp³-hybridized carbons (Fsp3) is 0.962. The number of fused-ring (bicyclic) bond motifs is 5. The number of aliphatic hydroxyl groups is 13. The molecule has 4 aliphatic carbocycles. The summed E-state index contributed by atoms with van der Waals surface area (Å²) in [4.78, 5) is 0. The first-order valence-corrected chi connectivity index (χ1v) is 27.3. The van der Waals surface area contributed by atoms with Crippen LogP contribution in [0.2, 0.25) is 0 Å². The molecule has 0 aromatic heterocycles. The van der Waals surface area contributed by atoms with Crippen molar-refractivity contribution in [3.8, 4) is 0 Å². The molecule has 74 heavy (non-hydrogen) atoms. The number of allylic oxidation sites excluding steroid dienone is 2. The topological polar surface area (TPSA) is 337 Å². The van der Waals surface area contributed by atoms with Crippen molar-refractivity contribution in [2.45, 2.75) is 248 Å². The van der Waals surface area contributed by atoms with E-state index in [4.69, 9.17) is 37.9 Å². The van der Waals surface area contributed by atoms with E-state index in [0.717, 1.165) is 32.1 Å². The lowest BCUT2D eigenvalue weighted by atomic mass is 9.35. The van der Waals surface area contributed by atoms with Crippen molar-refractivity contribution >= 4 is 0 Å². The van der Waals surface area contributed by atoms with Crippen LogP contribution in [0.4, 0.5) is 0 Å². The van der Waals surface area contributed by atoms with Crippen molar-refractivity contribution in [1.82, 2.24) is 0 Å². The van der Waals surface area contributed by atoms with Crippen molar-refractivity contribution in [1.29, 1.82) is 0 Å². The van der Waals surface area contributed by atoms with Gasteiger partial charge in [0.25, 0.3) is 0 Å². The number of ether oxygens (including phenoxy) is 8. The Labute approximate surface area is 434 Å². The highest BCUT2D eigenvalue weighted by Crippen LogP contribution is 2.76. The zero-order chi connectivity index (χ0) is 54.2. The third kappa shape index (κ3) is 10.4. The Bertz CT molecular complexity index is 1910. The molecule has 21 heteroatoms. The lowest BCUT2D eigenvalue weighted by molar-refractivity contribution is -0.367. The largest absolute Gasteiger partial charge is 0.394 e. The molecule has 4 saturated carbocycles. The summed E-state index contributed by atoms with van der Waals surface area (Å²) < 4.78 is 48.7. The van der Waals surface area contributed by atoms with Crippen molar-refractivity contribution < 1.29 is 104 Å². The maximum absolute atomic E-state index is 12.8. The quantitative estimate of drug-likeness (QED) is 0.0724. The first-order chi connectivity index (χ1) is 34.7. The van der Waals surface area contributed by atoms with Gasteiger partial charge < -0.3 is 104 Å². The third-order valence-electron chi connectivity index (χ3n) is 20.6. The van der Waals surface area contributed by atoms with Crippen LogP contribution in [0, 0.1) is 45.3 Å². The van der Waals surface area contributed by atoms with E-state index in [9.17, 15) is 66.4 Å². The minimum Gasteiger partial charge on any atom is -0.394 e. The smallest absolute Gasteiger partial charge is 0.187 e. The number of hydrogen-bond acceptors (Lipinski definition) is 21. The van der Waals surface area contributed by atoms with Crippen LogP contribution in [-0.2, 0) is 37.9 Å². The van der Waals surface area contributed by atoms with Gasteiger partial charge in [-0.2, -0.15) is 0 Å². The van der Waals surface area contributed by atoms with Gasteiger partial charge in [-0.05, 0) is 123 Å². The number of aliphatic hydroxyl groups excluding tert-OH is 13. The second-order valence-corrected chi connectivity index (χ2v) is 25.0. The maximum Gasteiger partial charge on any atom is 0.187 e. The van der Waals surface area contributed by atoms with Gasteiger partial charge in [-0.15, -0.1) is 0 Å². The number of rotatable bonds is 15. The van der Waals surface area contributed by atoms with Crippen molar-refractivity contribution in [2.24, 2.45) is 45.3 Å². The molecule has 8 fully saturated rings. The first kappa shape index (κ1) is 59.0. The molecule has 0 unspecified atom stereocenters. The summed E-state index contributed by atoms with van der Waals surface area (Å²) in [6.45, 7) is 15.9. The molecule has 4 heterocycles. The standard InChI is InChI=1S/C53H90O21/c1-9-24(2)11-10-15-53(8,74-47-43(66)40(63)38(61)30(71-47)23-69-45-41(64)35(58)27(56)21-67-45)25-12-17-52(7)34(25)26(55)19-32-50(5)16-14-33(49(3,4)31(50)13-18-51(32,52)6)72-48-44(36(59)28(57)22-68-48)73-46-42(65)39(62)37(60)29(20-54)70-46/h11,25-48,54-66H,9-10,12-23H2,1-8H3/b24-11+/t25-,26+,27+,28-,29+,30+,31+,32+,33+,34-,35-,36-,37+,38+,39-,40-,41+,42+,43+,44+,45+,46-,47-,48+,50-,51+,52+,53-/m0/s1.